The van der Waals surface area contributed by atoms with Gasteiger partial charge in [0, 0.05) is 24.8 Å². The molecule has 2 rings (SSSR count). The van der Waals surface area contributed by atoms with Gasteiger partial charge >= 0.3 is 0 Å². The summed E-state index contributed by atoms with van der Waals surface area (Å²) in [5, 5.41) is 3.50. The number of likely N-dealkylation sites (tertiary alicyclic amines) is 1. The van der Waals surface area contributed by atoms with Crippen LogP contribution in [0, 0.1) is 6.92 Å². The minimum atomic E-state index is 0.760. The van der Waals surface area contributed by atoms with E-state index in [1.807, 2.05) is 0 Å². The number of anilines is 1. The molecule has 0 bridgehead atoms. The predicted octanol–water partition coefficient (Wildman–Crippen LogP) is 2.43. The summed E-state index contributed by atoms with van der Waals surface area (Å²) in [6.07, 6.45) is 2.61. The summed E-state index contributed by atoms with van der Waals surface area (Å²) in [7, 11) is 4.47. The Balaban J connectivity index is 1.69. The molecule has 3 heteroatoms. The average Bonchev–Trinajstić information content (AvgIpc) is 2.41. The summed E-state index contributed by atoms with van der Waals surface area (Å²) in [6, 6.07) is 9.39. The largest absolute Gasteiger partial charge is 0.384 e. The minimum Gasteiger partial charge on any atom is -0.384 e. The Labute approximate surface area is 117 Å². The molecule has 3 nitrogen and oxygen atoms in total. The molecule has 1 saturated heterocycles. The first-order valence-electron chi connectivity index (χ1n) is 7.34. The van der Waals surface area contributed by atoms with Gasteiger partial charge in [-0.1, -0.05) is 17.7 Å². The van der Waals surface area contributed by atoms with Crippen molar-refractivity contribution in [3.63, 3.8) is 0 Å². The van der Waals surface area contributed by atoms with Gasteiger partial charge in [-0.2, -0.15) is 0 Å². The molecule has 1 N–H and O–H groups in total. The van der Waals surface area contributed by atoms with Gasteiger partial charge in [-0.3, -0.25) is 0 Å². The summed E-state index contributed by atoms with van der Waals surface area (Å²) >= 11 is 0. The zero-order valence-electron chi connectivity index (χ0n) is 12.5. The fourth-order valence-corrected chi connectivity index (χ4v) is 2.67. The van der Waals surface area contributed by atoms with Crippen molar-refractivity contribution in [2.45, 2.75) is 25.8 Å². The van der Waals surface area contributed by atoms with Crippen molar-refractivity contribution >= 4 is 5.69 Å². The van der Waals surface area contributed by atoms with E-state index in [0.29, 0.717) is 0 Å². The van der Waals surface area contributed by atoms with Gasteiger partial charge in [0.05, 0.1) is 0 Å². The predicted molar refractivity (Wildman–Crippen MR) is 82.8 cm³/mol. The van der Waals surface area contributed by atoms with Gasteiger partial charge in [0.25, 0.3) is 0 Å². The molecular formula is C16H27N3. The maximum Gasteiger partial charge on any atom is 0.0340 e. The zero-order valence-corrected chi connectivity index (χ0v) is 12.5. The molecule has 106 valence electrons. The Morgan fingerprint density at radius 1 is 1.21 bits per heavy atom. The van der Waals surface area contributed by atoms with Crippen LogP contribution in [-0.4, -0.2) is 56.1 Å². The first-order chi connectivity index (χ1) is 9.15. The lowest BCUT2D eigenvalue weighted by Crippen LogP contribution is -2.43. The summed E-state index contributed by atoms with van der Waals surface area (Å²) in [6.45, 7) is 6.73. The number of hydrogen-bond acceptors (Lipinski definition) is 3. The second-order valence-corrected chi connectivity index (χ2v) is 5.81. The maximum atomic E-state index is 3.50. The standard InChI is InChI=1S/C16H27N3/c1-14-4-6-15(7-5-14)17-10-13-19(3)16-8-11-18(2)12-9-16/h4-7,16-17H,8-13H2,1-3H3. The second kappa shape index (κ2) is 6.92. The molecule has 0 atom stereocenters. The van der Waals surface area contributed by atoms with Crippen molar-refractivity contribution in [3.8, 4) is 0 Å². The first kappa shape index (κ1) is 14.4. The SMILES string of the molecule is Cc1ccc(NCCN(C)C2CCN(C)CC2)cc1. The third kappa shape index (κ3) is 4.51. The lowest BCUT2D eigenvalue weighted by Gasteiger charge is -2.35. The molecule has 0 amide bonds. The number of likely N-dealkylation sites (N-methyl/N-ethyl adjacent to an activating group) is 1. The smallest absolute Gasteiger partial charge is 0.0340 e. The Morgan fingerprint density at radius 2 is 1.84 bits per heavy atom. The van der Waals surface area contributed by atoms with Gasteiger partial charge in [0.2, 0.25) is 0 Å². The van der Waals surface area contributed by atoms with Crippen molar-refractivity contribution in [1.29, 1.82) is 0 Å². The van der Waals surface area contributed by atoms with E-state index in [1.165, 1.54) is 37.2 Å². The van der Waals surface area contributed by atoms with E-state index >= 15 is 0 Å². The highest BCUT2D eigenvalue weighted by Gasteiger charge is 2.19. The third-order valence-corrected chi connectivity index (χ3v) is 4.16. The summed E-state index contributed by atoms with van der Waals surface area (Å²) < 4.78 is 0. The van der Waals surface area contributed by atoms with Gasteiger partial charge in [0.15, 0.2) is 0 Å². The van der Waals surface area contributed by atoms with Crippen LogP contribution in [0.5, 0.6) is 0 Å². The van der Waals surface area contributed by atoms with Crippen molar-refractivity contribution < 1.29 is 0 Å². The molecule has 1 aliphatic heterocycles. The van der Waals surface area contributed by atoms with E-state index in [0.717, 1.165) is 19.1 Å². The fourth-order valence-electron chi connectivity index (χ4n) is 2.67. The van der Waals surface area contributed by atoms with Gasteiger partial charge in [-0.25, -0.2) is 0 Å². The molecule has 0 radical (unpaired) electrons. The zero-order chi connectivity index (χ0) is 13.7. The van der Waals surface area contributed by atoms with Crippen molar-refractivity contribution in [2.75, 3.05) is 45.6 Å². The van der Waals surface area contributed by atoms with Crippen molar-refractivity contribution in [1.82, 2.24) is 9.80 Å². The molecule has 0 spiro atoms. The lowest BCUT2D eigenvalue weighted by atomic mass is 10.0. The number of aryl methyl sites for hydroxylation is 1. The van der Waals surface area contributed by atoms with E-state index in [-0.39, 0.29) is 0 Å². The van der Waals surface area contributed by atoms with E-state index in [2.05, 4.69) is 60.4 Å². The van der Waals surface area contributed by atoms with Crippen LogP contribution in [0.4, 0.5) is 5.69 Å². The Morgan fingerprint density at radius 3 is 2.47 bits per heavy atom. The highest BCUT2D eigenvalue weighted by Crippen LogP contribution is 2.14. The molecule has 0 saturated carbocycles. The molecule has 0 aromatic heterocycles. The van der Waals surface area contributed by atoms with Crippen LogP contribution >= 0.6 is 0 Å². The normalized spacial score (nSPS) is 17.9. The molecule has 1 aliphatic rings. The van der Waals surface area contributed by atoms with Gasteiger partial charge < -0.3 is 15.1 Å². The monoisotopic (exact) mass is 261 g/mol. The number of benzene rings is 1. The molecule has 0 aliphatic carbocycles. The van der Waals surface area contributed by atoms with Crippen LogP contribution in [0.25, 0.3) is 0 Å². The van der Waals surface area contributed by atoms with E-state index < -0.39 is 0 Å². The molecule has 1 heterocycles. The van der Waals surface area contributed by atoms with Crippen LogP contribution in [0.3, 0.4) is 0 Å². The van der Waals surface area contributed by atoms with Crippen LogP contribution < -0.4 is 5.32 Å². The van der Waals surface area contributed by atoms with E-state index in [9.17, 15) is 0 Å². The first-order valence-corrected chi connectivity index (χ1v) is 7.34. The average molecular weight is 261 g/mol. The topological polar surface area (TPSA) is 18.5 Å². The molecule has 1 fully saturated rings. The molecule has 1 aromatic carbocycles. The molecule has 0 unspecified atom stereocenters. The number of nitrogens with zero attached hydrogens (tertiary/aromatic N) is 2. The Kier molecular flexibility index (Phi) is 5.23. The van der Waals surface area contributed by atoms with Crippen LogP contribution in [0.1, 0.15) is 18.4 Å². The second-order valence-electron chi connectivity index (χ2n) is 5.81. The van der Waals surface area contributed by atoms with Gasteiger partial charge in [0.1, 0.15) is 0 Å². The number of nitrogens with one attached hydrogen (secondary N) is 1. The lowest BCUT2D eigenvalue weighted by molar-refractivity contribution is 0.148. The van der Waals surface area contributed by atoms with Gasteiger partial charge in [-0.05, 0) is 59.1 Å². The maximum absolute atomic E-state index is 3.50. The van der Waals surface area contributed by atoms with Crippen molar-refractivity contribution in [3.05, 3.63) is 29.8 Å². The summed E-state index contributed by atoms with van der Waals surface area (Å²) in [4.78, 5) is 4.93. The Hall–Kier alpha value is -1.06. The molecular weight excluding hydrogens is 234 g/mol. The number of hydrogen-bond donors (Lipinski definition) is 1. The highest BCUT2D eigenvalue weighted by molar-refractivity contribution is 5.44. The summed E-state index contributed by atoms with van der Waals surface area (Å²) in [5.41, 5.74) is 2.54. The summed E-state index contributed by atoms with van der Waals surface area (Å²) in [5.74, 6) is 0. The van der Waals surface area contributed by atoms with Gasteiger partial charge in [-0.15, -0.1) is 0 Å². The molecule has 1 aromatic rings. The van der Waals surface area contributed by atoms with Crippen LogP contribution in [0.2, 0.25) is 0 Å². The minimum absolute atomic E-state index is 0.760. The Bertz CT molecular complexity index is 366. The quantitative estimate of drug-likeness (QED) is 0.878. The fraction of sp³-hybridized carbons (Fsp3) is 0.625. The number of rotatable bonds is 5. The van der Waals surface area contributed by atoms with Crippen LogP contribution in [-0.2, 0) is 0 Å². The number of piperidine rings is 1. The van der Waals surface area contributed by atoms with E-state index in [1.54, 1.807) is 0 Å². The molecule has 19 heavy (non-hydrogen) atoms. The van der Waals surface area contributed by atoms with Crippen molar-refractivity contribution in [2.24, 2.45) is 0 Å². The van der Waals surface area contributed by atoms with Crippen LogP contribution in [0.15, 0.2) is 24.3 Å². The van der Waals surface area contributed by atoms with E-state index in [4.69, 9.17) is 0 Å². The third-order valence-electron chi connectivity index (χ3n) is 4.16. The highest BCUT2D eigenvalue weighted by atomic mass is 15.2.